The summed E-state index contributed by atoms with van der Waals surface area (Å²) in [5.41, 5.74) is 4.00. The van der Waals surface area contributed by atoms with Gasteiger partial charge in [-0.15, -0.1) is 5.10 Å². The van der Waals surface area contributed by atoms with Crippen molar-refractivity contribution in [1.29, 1.82) is 0 Å². The van der Waals surface area contributed by atoms with E-state index in [1.165, 1.54) is 12.8 Å². The second-order valence-electron chi connectivity index (χ2n) is 8.42. The third kappa shape index (κ3) is 2.80. The molecule has 0 aromatic carbocycles. The number of hydrogen-bond donors (Lipinski definition) is 2. The minimum Gasteiger partial charge on any atom is -0.380 e. The molecule has 0 atom stereocenters. The van der Waals surface area contributed by atoms with Gasteiger partial charge in [0.15, 0.2) is 11.5 Å². The quantitative estimate of drug-likeness (QED) is 0.540. The second-order valence-corrected chi connectivity index (χ2v) is 8.42. The normalized spacial score (nSPS) is 18.7. The molecule has 1 saturated carbocycles. The number of ether oxygens (including phenoxy) is 1. The number of hydrogen-bond acceptors (Lipinski definition) is 7. The summed E-state index contributed by atoms with van der Waals surface area (Å²) in [5.74, 6) is 1.43. The van der Waals surface area contributed by atoms with E-state index < -0.39 is 0 Å². The van der Waals surface area contributed by atoms with Gasteiger partial charge in [-0.3, -0.25) is 0 Å². The number of aromatic nitrogens is 6. The van der Waals surface area contributed by atoms with Gasteiger partial charge in [0.1, 0.15) is 5.52 Å². The van der Waals surface area contributed by atoms with Crippen LogP contribution in [0.2, 0.25) is 0 Å². The lowest BCUT2D eigenvalue weighted by Crippen LogP contribution is -2.47. The molecule has 1 aliphatic heterocycles. The average Bonchev–Trinajstić information content (AvgIpc) is 3.39. The topological polar surface area (TPSA) is 93.7 Å². The van der Waals surface area contributed by atoms with Crippen LogP contribution in [-0.4, -0.2) is 55.5 Å². The molecule has 1 spiro atoms. The van der Waals surface area contributed by atoms with E-state index in [1.807, 2.05) is 42.2 Å². The van der Waals surface area contributed by atoms with Crippen LogP contribution in [0.3, 0.4) is 0 Å². The van der Waals surface area contributed by atoms with E-state index in [4.69, 9.17) is 14.8 Å². The Labute approximate surface area is 173 Å². The van der Waals surface area contributed by atoms with Crippen LogP contribution in [0.15, 0.2) is 36.8 Å². The monoisotopic (exact) mass is 404 g/mol. The van der Waals surface area contributed by atoms with Crippen LogP contribution in [0.1, 0.15) is 25.7 Å². The highest BCUT2D eigenvalue weighted by atomic mass is 16.5. The van der Waals surface area contributed by atoms with Crippen molar-refractivity contribution in [2.75, 3.05) is 30.9 Å². The standard InChI is InChI=1S/C21H24N8O/c1-22-19-18-15(16-2-3-17-23-9-11-28(17)26-16)6-10-29(18)27-20(25-19)24-14-4-7-21(8-5-14)12-30-13-21/h2-3,6,9-11,14H,4-5,7-8,12-13H2,1H3,(H2,22,24,25,27). The van der Waals surface area contributed by atoms with E-state index in [1.54, 1.807) is 10.7 Å². The Morgan fingerprint density at radius 1 is 1.07 bits per heavy atom. The Morgan fingerprint density at radius 3 is 2.70 bits per heavy atom. The molecular weight excluding hydrogens is 380 g/mol. The largest absolute Gasteiger partial charge is 0.380 e. The molecule has 0 radical (unpaired) electrons. The number of anilines is 2. The van der Waals surface area contributed by atoms with Gasteiger partial charge in [0, 0.05) is 42.7 Å². The maximum absolute atomic E-state index is 5.44. The summed E-state index contributed by atoms with van der Waals surface area (Å²) in [6, 6.07) is 6.37. The SMILES string of the molecule is CNc1nc(NC2CCC3(CC2)COC3)nn2ccc(-c3ccc4nccn4n3)c12. The maximum Gasteiger partial charge on any atom is 0.243 e. The first-order chi connectivity index (χ1) is 14.7. The minimum atomic E-state index is 0.402. The molecule has 9 nitrogen and oxygen atoms in total. The van der Waals surface area contributed by atoms with Gasteiger partial charge in [-0.2, -0.15) is 10.1 Å². The van der Waals surface area contributed by atoms with Crippen LogP contribution in [0, 0.1) is 5.41 Å². The van der Waals surface area contributed by atoms with Gasteiger partial charge in [0.05, 0.1) is 18.9 Å². The number of fused-ring (bicyclic) bond motifs is 2. The smallest absolute Gasteiger partial charge is 0.243 e. The van der Waals surface area contributed by atoms with E-state index in [-0.39, 0.29) is 0 Å². The molecule has 4 aromatic heterocycles. The van der Waals surface area contributed by atoms with Crippen molar-refractivity contribution in [2.24, 2.45) is 5.41 Å². The Kier molecular flexibility index (Phi) is 3.92. The van der Waals surface area contributed by atoms with Crippen molar-refractivity contribution in [3.05, 3.63) is 36.8 Å². The van der Waals surface area contributed by atoms with Crippen LogP contribution < -0.4 is 10.6 Å². The summed E-state index contributed by atoms with van der Waals surface area (Å²) >= 11 is 0. The summed E-state index contributed by atoms with van der Waals surface area (Å²) in [6.45, 7) is 1.86. The molecule has 4 aromatic rings. The Bertz CT molecular complexity index is 1210. The third-order valence-corrected chi connectivity index (χ3v) is 6.47. The lowest BCUT2D eigenvalue weighted by atomic mass is 9.71. The van der Waals surface area contributed by atoms with E-state index in [0.29, 0.717) is 17.4 Å². The minimum absolute atomic E-state index is 0.402. The fraction of sp³-hybridized carbons (Fsp3) is 0.429. The van der Waals surface area contributed by atoms with Crippen molar-refractivity contribution in [1.82, 2.24) is 29.2 Å². The lowest BCUT2D eigenvalue weighted by Gasteiger charge is -2.46. The molecule has 30 heavy (non-hydrogen) atoms. The van der Waals surface area contributed by atoms with Crippen molar-refractivity contribution >= 4 is 22.9 Å². The fourth-order valence-electron chi connectivity index (χ4n) is 4.66. The molecule has 6 rings (SSSR count). The Balaban J connectivity index is 1.31. The van der Waals surface area contributed by atoms with E-state index in [0.717, 1.165) is 54.3 Å². The number of rotatable bonds is 4. The van der Waals surface area contributed by atoms with Crippen LogP contribution in [0.25, 0.3) is 22.4 Å². The number of nitrogens with one attached hydrogen (secondary N) is 2. The molecule has 1 saturated heterocycles. The first-order valence-electron chi connectivity index (χ1n) is 10.5. The lowest BCUT2D eigenvalue weighted by molar-refractivity contribution is -0.131. The molecule has 5 heterocycles. The predicted molar refractivity (Wildman–Crippen MR) is 114 cm³/mol. The first kappa shape index (κ1) is 17.6. The van der Waals surface area contributed by atoms with Gasteiger partial charge in [-0.1, -0.05) is 0 Å². The van der Waals surface area contributed by atoms with Gasteiger partial charge in [0.2, 0.25) is 5.95 Å². The molecule has 2 N–H and O–H groups in total. The summed E-state index contributed by atoms with van der Waals surface area (Å²) in [4.78, 5) is 9.03. The van der Waals surface area contributed by atoms with Crippen LogP contribution >= 0.6 is 0 Å². The van der Waals surface area contributed by atoms with E-state index in [2.05, 4.69) is 20.7 Å². The summed E-state index contributed by atoms with van der Waals surface area (Å²) in [6.07, 6.45) is 10.2. The van der Waals surface area contributed by atoms with Gasteiger partial charge in [0.25, 0.3) is 0 Å². The Morgan fingerprint density at radius 2 is 1.93 bits per heavy atom. The van der Waals surface area contributed by atoms with Crippen molar-refractivity contribution in [3.8, 4) is 11.3 Å². The maximum atomic E-state index is 5.44. The molecule has 2 aliphatic rings. The van der Waals surface area contributed by atoms with Crippen LogP contribution in [0.4, 0.5) is 11.8 Å². The van der Waals surface area contributed by atoms with Crippen molar-refractivity contribution in [2.45, 2.75) is 31.7 Å². The van der Waals surface area contributed by atoms with E-state index in [9.17, 15) is 0 Å². The highest BCUT2D eigenvalue weighted by Crippen LogP contribution is 2.42. The average molecular weight is 404 g/mol. The zero-order chi connectivity index (χ0) is 20.1. The summed E-state index contributed by atoms with van der Waals surface area (Å²) in [7, 11) is 1.89. The van der Waals surface area contributed by atoms with Crippen molar-refractivity contribution in [3.63, 3.8) is 0 Å². The zero-order valence-electron chi connectivity index (χ0n) is 16.9. The van der Waals surface area contributed by atoms with Crippen LogP contribution in [0.5, 0.6) is 0 Å². The second kappa shape index (κ2) is 6.66. The molecule has 1 aliphatic carbocycles. The van der Waals surface area contributed by atoms with Gasteiger partial charge < -0.3 is 15.4 Å². The molecule has 0 bridgehead atoms. The zero-order valence-corrected chi connectivity index (χ0v) is 16.9. The molecule has 154 valence electrons. The number of nitrogens with zero attached hydrogens (tertiary/aromatic N) is 6. The molecule has 0 amide bonds. The third-order valence-electron chi connectivity index (χ3n) is 6.47. The molecule has 0 unspecified atom stereocenters. The Hall–Kier alpha value is -3.20. The molecular formula is C21H24N8O. The molecule has 2 fully saturated rings. The fourth-order valence-corrected chi connectivity index (χ4v) is 4.66. The highest BCUT2D eigenvalue weighted by molar-refractivity contribution is 5.87. The van der Waals surface area contributed by atoms with Crippen LogP contribution in [-0.2, 0) is 4.74 Å². The van der Waals surface area contributed by atoms with Gasteiger partial charge in [-0.25, -0.2) is 14.0 Å². The van der Waals surface area contributed by atoms with Crippen molar-refractivity contribution < 1.29 is 4.74 Å². The van der Waals surface area contributed by atoms with Gasteiger partial charge in [-0.05, 0) is 43.9 Å². The van der Waals surface area contributed by atoms with E-state index >= 15 is 0 Å². The summed E-state index contributed by atoms with van der Waals surface area (Å²) in [5, 5.41) is 16.2. The predicted octanol–water partition coefficient (Wildman–Crippen LogP) is 2.85. The highest BCUT2D eigenvalue weighted by Gasteiger charge is 2.41. The molecule has 9 heteroatoms. The van der Waals surface area contributed by atoms with Gasteiger partial charge >= 0.3 is 0 Å². The summed E-state index contributed by atoms with van der Waals surface area (Å²) < 4.78 is 9.09. The number of imidazole rings is 1. The first-order valence-corrected chi connectivity index (χ1v) is 10.5.